The van der Waals surface area contributed by atoms with E-state index in [0.29, 0.717) is 12.3 Å². The Balaban J connectivity index is 2.00. The van der Waals surface area contributed by atoms with Crippen LogP contribution in [0.1, 0.15) is 24.0 Å². The second-order valence-corrected chi connectivity index (χ2v) is 4.46. The zero-order chi connectivity index (χ0) is 14.5. The van der Waals surface area contributed by atoms with Gasteiger partial charge >= 0.3 is 0 Å². The van der Waals surface area contributed by atoms with Gasteiger partial charge in [-0.3, -0.25) is 0 Å². The summed E-state index contributed by atoms with van der Waals surface area (Å²) in [5.74, 6) is 0.107. The van der Waals surface area contributed by atoms with E-state index in [2.05, 4.69) is 5.32 Å². The summed E-state index contributed by atoms with van der Waals surface area (Å²) in [5, 5.41) is 3.17. The molecule has 0 bridgehead atoms. The fourth-order valence-corrected chi connectivity index (χ4v) is 1.82. The van der Waals surface area contributed by atoms with Gasteiger partial charge in [-0.25, -0.2) is 8.78 Å². The lowest BCUT2D eigenvalue weighted by atomic mass is 10.2. The van der Waals surface area contributed by atoms with Gasteiger partial charge in [0.2, 0.25) is 0 Å². The van der Waals surface area contributed by atoms with E-state index in [4.69, 9.17) is 9.15 Å². The third-order valence-corrected chi connectivity index (χ3v) is 2.87. The number of ether oxygens (including phenoxy) is 1. The quantitative estimate of drug-likeness (QED) is 0.879. The molecule has 1 aromatic heterocycles. The van der Waals surface area contributed by atoms with Crippen LogP contribution in [0.25, 0.3) is 0 Å². The smallest absolute Gasteiger partial charge is 0.167 e. The Morgan fingerprint density at radius 1 is 1.25 bits per heavy atom. The molecule has 108 valence electrons. The first kappa shape index (κ1) is 14.5. The van der Waals surface area contributed by atoms with Gasteiger partial charge in [0, 0.05) is 6.07 Å². The summed E-state index contributed by atoms with van der Waals surface area (Å²) in [6.07, 6.45) is 0. The van der Waals surface area contributed by atoms with Crippen molar-refractivity contribution in [1.82, 2.24) is 5.32 Å². The normalized spacial score (nSPS) is 10.8. The van der Waals surface area contributed by atoms with E-state index >= 15 is 0 Å². The molecule has 2 rings (SSSR count). The molecule has 0 fully saturated rings. The van der Waals surface area contributed by atoms with E-state index in [-0.39, 0.29) is 12.4 Å². The monoisotopic (exact) mass is 281 g/mol. The van der Waals surface area contributed by atoms with Gasteiger partial charge in [0.05, 0.1) is 6.54 Å². The van der Waals surface area contributed by atoms with Crippen LogP contribution in [-0.4, -0.2) is 6.54 Å². The van der Waals surface area contributed by atoms with Crippen molar-refractivity contribution in [3.63, 3.8) is 0 Å². The second-order valence-electron chi connectivity index (χ2n) is 4.46. The van der Waals surface area contributed by atoms with Gasteiger partial charge in [-0.15, -0.1) is 0 Å². The first-order valence-corrected chi connectivity index (χ1v) is 6.47. The second kappa shape index (κ2) is 6.52. The summed E-state index contributed by atoms with van der Waals surface area (Å²) < 4.78 is 37.1. The van der Waals surface area contributed by atoms with Crippen LogP contribution in [0.15, 0.2) is 28.7 Å². The van der Waals surface area contributed by atoms with E-state index in [1.165, 1.54) is 6.07 Å². The maximum atomic E-state index is 13.4. The molecule has 0 saturated carbocycles. The molecule has 1 N–H and O–H groups in total. The minimum Gasteiger partial charge on any atom is -0.483 e. The van der Waals surface area contributed by atoms with Crippen LogP contribution in [0, 0.1) is 18.6 Å². The molecule has 0 aliphatic rings. The molecular weight excluding hydrogens is 264 g/mol. The van der Waals surface area contributed by atoms with Crippen LogP contribution >= 0.6 is 0 Å². The summed E-state index contributed by atoms with van der Waals surface area (Å²) in [6.45, 7) is 5.56. The van der Waals surface area contributed by atoms with Crippen LogP contribution in [0.3, 0.4) is 0 Å². The number of furan rings is 1. The van der Waals surface area contributed by atoms with Gasteiger partial charge in [-0.1, -0.05) is 6.92 Å². The number of hydrogen-bond acceptors (Lipinski definition) is 3. The first-order valence-electron chi connectivity index (χ1n) is 6.47. The topological polar surface area (TPSA) is 34.4 Å². The summed E-state index contributed by atoms with van der Waals surface area (Å²) in [7, 11) is 0. The highest BCUT2D eigenvalue weighted by Crippen LogP contribution is 2.21. The third kappa shape index (κ3) is 3.57. The van der Waals surface area contributed by atoms with Crippen molar-refractivity contribution < 1.29 is 17.9 Å². The van der Waals surface area contributed by atoms with Crippen molar-refractivity contribution in [1.29, 1.82) is 0 Å². The molecule has 0 spiro atoms. The zero-order valence-electron chi connectivity index (χ0n) is 11.5. The van der Waals surface area contributed by atoms with Crippen LogP contribution < -0.4 is 10.1 Å². The molecule has 0 aliphatic carbocycles. The van der Waals surface area contributed by atoms with Gasteiger partial charge in [0.25, 0.3) is 0 Å². The Labute approximate surface area is 116 Å². The number of aryl methyl sites for hydroxylation is 1. The highest BCUT2D eigenvalue weighted by atomic mass is 19.1. The lowest BCUT2D eigenvalue weighted by molar-refractivity contribution is 0.253. The molecular formula is C15H17F2NO2. The Kier molecular flexibility index (Phi) is 4.74. The van der Waals surface area contributed by atoms with Gasteiger partial charge in [0.15, 0.2) is 11.6 Å². The fourth-order valence-electron chi connectivity index (χ4n) is 1.82. The number of halogens is 2. The summed E-state index contributed by atoms with van der Waals surface area (Å²) in [6, 6.07) is 5.07. The highest BCUT2D eigenvalue weighted by Gasteiger charge is 2.10. The van der Waals surface area contributed by atoms with Crippen molar-refractivity contribution in [2.75, 3.05) is 6.54 Å². The molecule has 1 aromatic carbocycles. The van der Waals surface area contributed by atoms with Gasteiger partial charge in [0.1, 0.15) is 23.9 Å². The van der Waals surface area contributed by atoms with Crippen molar-refractivity contribution in [2.24, 2.45) is 0 Å². The van der Waals surface area contributed by atoms with E-state index in [1.807, 2.05) is 19.9 Å². The summed E-state index contributed by atoms with van der Waals surface area (Å²) >= 11 is 0. The van der Waals surface area contributed by atoms with E-state index in [1.54, 1.807) is 0 Å². The van der Waals surface area contributed by atoms with E-state index in [9.17, 15) is 8.78 Å². The van der Waals surface area contributed by atoms with Crippen LogP contribution in [0.5, 0.6) is 5.75 Å². The third-order valence-electron chi connectivity index (χ3n) is 2.87. The Bertz CT molecular complexity index is 581. The number of hydrogen-bond donors (Lipinski definition) is 1. The number of rotatable bonds is 6. The Morgan fingerprint density at radius 3 is 2.75 bits per heavy atom. The Morgan fingerprint density at radius 2 is 2.05 bits per heavy atom. The minimum atomic E-state index is -0.721. The molecule has 3 nitrogen and oxygen atoms in total. The highest BCUT2D eigenvalue weighted by molar-refractivity contribution is 5.25. The van der Waals surface area contributed by atoms with Crippen LogP contribution in [0.4, 0.5) is 8.78 Å². The molecule has 0 atom stereocenters. The predicted molar refractivity (Wildman–Crippen MR) is 71.5 cm³/mol. The maximum absolute atomic E-state index is 13.4. The molecule has 1 heterocycles. The van der Waals surface area contributed by atoms with Crippen molar-refractivity contribution in [3.8, 4) is 5.75 Å². The van der Waals surface area contributed by atoms with Crippen LogP contribution in [0.2, 0.25) is 0 Å². The molecule has 20 heavy (non-hydrogen) atoms. The number of nitrogens with one attached hydrogen (secondary N) is 1. The lowest BCUT2D eigenvalue weighted by Gasteiger charge is -2.05. The van der Waals surface area contributed by atoms with Crippen molar-refractivity contribution >= 4 is 0 Å². The van der Waals surface area contributed by atoms with Crippen molar-refractivity contribution in [3.05, 3.63) is 53.0 Å². The average molecular weight is 281 g/mol. The SMILES string of the molecule is CCNCc1oc(COc2ccc(F)cc2F)cc1C. The van der Waals surface area contributed by atoms with Crippen LogP contribution in [-0.2, 0) is 13.2 Å². The minimum absolute atomic E-state index is 0.00804. The molecule has 0 saturated heterocycles. The van der Waals surface area contributed by atoms with Crippen molar-refractivity contribution in [2.45, 2.75) is 27.0 Å². The zero-order valence-corrected chi connectivity index (χ0v) is 11.5. The average Bonchev–Trinajstić information content (AvgIpc) is 2.76. The summed E-state index contributed by atoms with van der Waals surface area (Å²) in [4.78, 5) is 0. The largest absolute Gasteiger partial charge is 0.483 e. The molecule has 0 aliphatic heterocycles. The molecule has 0 radical (unpaired) electrons. The van der Waals surface area contributed by atoms with Gasteiger partial charge in [-0.05, 0) is 37.2 Å². The van der Waals surface area contributed by atoms with E-state index < -0.39 is 11.6 Å². The molecule has 0 unspecified atom stereocenters. The molecule has 2 aromatic rings. The number of benzene rings is 1. The fraction of sp³-hybridized carbons (Fsp3) is 0.333. The standard InChI is InChI=1S/C15H17F2NO2/c1-3-18-8-15-10(2)6-12(20-15)9-19-14-5-4-11(16)7-13(14)17/h4-7,18H,3,8-9H2,1-2H3. The lowest BCUT2D eigenvalue weighted by Crippen LogP contribution is -2.11. The first-order chi connectivity index (χ1) is 9.60. The Hall–Kier alpha value is -1.88. The predicted octanol–water partition coefficient (Wildman–Crippen LogP) is 3.55. The molecule has 0 amide bonds. The molecule has 5 heteroatoms. The summed E-state index contributed by atoms with van der Waals surface area (Å²) in [5.41, 5.74) is 1.02. The van der Waals surface area contributed by atoms with Gasteiger partial charge in [-0.2, -0.15) is 0 Å². The maximum Gasteiger partial charge on any atom is 0.167 e. The van der Waals surface area contributed by atoms with Gasteiger partial charge < -0.3 is 14.5 Å². The van der Waals surface area contributed by atoms with E-state index in [0.717, 1.165) is 30.0 Å².